The van der Waals surface area contributed by atoms with Crippen molar-refractivity contribution in [1.82, 2.24) is 15.0 Å². The molecule has 0 atom stereocenters. The summed E-state index contributed by atoms with van der Waals surface area (Å²) in [5.74, 6) is 1.26. The normalized spacial score (nSPS) is 11.1. The maximum atomic E-state index is 12.8. The number of rotatable bonds is 5. The van der Waals surface area contributed by atoms with Gasteiger partial charge >= 0.3 is 6.18 Å². The molecule has 2 aromatic heterocycles. The Labute approximate surface area is 153 Å². The van der Waals surface area contributed by atoms with E-state index < -0.39 is 11.7 Å². The van der Waals surface area contributed by atoms with Crippen molar-refractivity contribution in [2.24, 2.45) is 0 Å². The van der Waals surface area contributed by atoms with Crippen LogP contribution in [-0.2, 0) is 6.18 Å². The SMILES string of the molecule is COc1ccc(-c2ccnc(Nc3cc(C(F)(F)F)ccn3)n2)c(OC)c1. The third-order valence-corrected chi connectivity index (χ3v) is 3.67. The summed E-state index contributed by atoms with van der Waals surface area (Å²) in [4.78, 5) is 12.2. The molecule has 140 valence electrons. The Morgan fingerprint density at radius 2 is 1.70 bits per heavy atom. The molecule has 3 rings (SSSR count). The first-order chi connectivity index (χ1) is 12.9. The first-order valence-corrected chi connectivity index (χ1v) is 7.76. The summed E-state index contributed by atoms with van der Waals surface area (Å²) in [5.41, 5.74) is 0.396. The molecule has 0 amide bonds. The van der Waals surface area contributed by atoms with Gasteiger partial charge < -0.3 is 14.8 Å². The number of methoxy groups -OCH3 is 2. The highest BCUT2D eigenvalue weighted by Crippen LogP contribution is 2.33. The average Bonchev–Trinajstić information content (AvgIpc) is 2.67. The van der Waals surface area contributed by atoms with Crippen molar-refractivity contribution < 1.29 is 22.6 Å². The van der Waals surface area contributed by atoms with Crippen molar-refractivity contribution >= 4 is 11.8 Å². The number of aromatic nitrogens is 3. The Balaban J connectivity index is 1.91. The van der Waals surface area contributed by atoms with Gasteiger partial charge in [-0.1, -0.05) is 0 Å². The first-order valence-electron chi connectivity index (χ1n) is 7.76. The van der Waals surface area contributed by atoms with Crippen LogP contribution in [0.4, 0.5) is 24.9 Å². The van der Waals surface area contributed by atoms with E-state index in [1.807, 2.05) is 0 Å². The van der Waals surface area contributed by atoms with E-state index in [1.165, 1.54) is 13.3 Å². The van der Waals surface area contributed by atoms with E-state index in [2.05, 4.69) is 20.3 Å². The molecule has 3 aromatic rings. The summed E-state index contributed by atoms with van der Waals surface area (Å²) in [6, 6.07) is 8.68. The van der Waals surface area contributed by atoms with Gasteiger partial charge in [-0.15, -0.1) is 0 Å². The zero-order valence-electron chi connectivity index (χ0n) is 14.4. The summed E-state index contributed by atoms with van der Waals surface area (Å²) in [6.07, 6.45) is -1.90. The second kappa shape index (κ2) is 7.48. The molecule has 0 fully saturated rings. The van der Waals surface area contributed by atoms with Gasteiger partial charge in [-0.2, -0.15) is 13.2 Å². The second-order valence-corrected chi connectivity index (χ2v) is 5.38. The van der Waals surface area contributed by atoms with Crippen molar-refractivity contribution in [1.29, 1.82) is 0 Å². The Bertz CT molecular complexity index is 948. The van der Waals surface area contributed by atoms with Gasteiger partial charge in [0.05, 0.1) is 25.5 Å². The number of hydrogen-bond acceptors (Lipinski definition) is 6. The fourth-order valence-corrected chi connectivity index (χ4v) is 2.37. The number of pyridine rings is 1. The lowest BCUT2D eigenvalue weighted by molar-refractivity contribution is -0.137. The second-order valence-electron chi connectivity index (χ2n) is 5.38. The number of nitrogens with zero attached hydrogens (tertiary/aromatic N) is 3. The predicted molar refractivity (Wildman–Crippen MR) is 93.1 cm³/mol. The van der Waals surface area contributed by atoms with E-state index in [-0.39, 0.29) is 11.8 Å². The van der Waals surface area contributed by atoms with Crippen molar-refractivity contribution in [2.75, 3.05) is 19.5 Å². The van der Waals surface area contributed by atoms with Crippen LogP contribution in [0.15, 0.2) is 48.8 Å². The third-order valence-electron chi connectivity index (χ3n) is 3.67. The molecule has 0 saturated heterocycles. The van der Waals surface area contributed by atoms with Crippen LogP contribution in [0.1, 0.15) is 5.56 Å². The van der Waals surface area contributed by atoms with Crippen molar-refractivity contribution in [3.05, 3.63) is 54.4 Å². The van der Waals surface area contributed by atoms with Crippen molar-refractivity contribution in [2.45, 2.75) is 6.18 Å². The highest BCUT2D eigenvalue weighted by atomic mass is 19.4. The molecule has 0 aliphatic rings. The Kier molecular flexibility index (Phi) is 5.11. The molecule has 0 bridgehead atoms. The largest absolute Gasteiger partial charge is 0.497 e. The minimum atomic E-state index is -4.46. The number of anilines is 2. The standard InChI is InChI=1S/C18H15F3N4O2/c1-26-12-3-4-13(15(10-12)27-2)14-6-8-23-17(24-14)25-16-9-11(5-7-22-16)18(19,20)21/h3-10H,1-2H3,(H,22,23,24,25). The minimum Gasteiger partial charge on any atom is -0.497 e. The van der Waals surface area contributed by atoms with E-state index in [1.54, 1.807) is 31.4 Å². The monoisotopic (exact) mass is 376 g/mol. The van der Waals surface area contributed by atoms with E-state index in [9.17, 15) is 13.2 Å². The maximum Gasteiger partial charge on any atom is 0.416 e. The summed E-state index contributed by atoms with van der Waals surface area (Å²) in [5, 5.41) is 2.69. The van der Waals surface area contributed by atoms with Gasteiger partial charge in [-0.05, 0) is 30.3 Å². The zero-order chi connectivity index (χ0) is 19.4. The molecule has 1 N–H and O–H groups in total. The van der Waals surface area contributed by atoms with Crippen molar-refractivity contribution in [3.8, 4) is 22.8 Å². The summed E-state index contributed by atoms with van der Waals surface area (Å²) in [7, 11) is 3.06. The number of hydrogen-bond donors (Lipinski definition) is 1. The quantitative estimate of drug-likeness (QED) is 0.715. The molecule has 0 unspecified atom stereocenters. The van der Waals surface area contributed by atoms with E-state index in [0.717, 1.165) is 18.3 Å². The van der Waals surface area contributed by atoms with Gasteiger partial charge in [0.25, 0.3) is 0 Å². The molecule has 0 aliphatic carbocycles. The van der Waals surface area contributed by atoms with Crippen LogP contribution < -0.4 is 14.8 Å². The predicted octanol–water partition coefficient (Wildman–Crippen LogP) is 4.32. The van der Waals surface area contributed by atoms with Crippen LogP contribution in [-0.4, -0.2) is 29.2 Å². The lowest BCUT2D eigenvalue weighted by Crippen LogP contribution is -2.07. The molecular formula is C18H15F3N4O2. The Morgan fingerprint density at radius 3 is 2.41 bits per heavy atom. The lowest BCUT2D eigenvalue weighted by Gasteiger charge is -2.11. The van der Waals surface area contributed by atoms with Gasteiger partial charge in [-0.25, -0.2) is 15.0 Å². The molecule has 2 heterocycles. The molecule has 27 heavy (non-hydrogen) atoms. The summed E-state index contributed by atoms with van der Waals surface area (Å²) in [6.45, 7) is 0. The molecular weight excluding hydrogens is 361 g/mol. The summed E-state index contributed by atoms with van der Waals surface area (Å²) < 4.78 is 49.0. The number of nitrogens with one attached hydrogen (secondary N) is 1. The van der Waals surface area contributed by atoms with Crippen LogP contribution in [0.2, 0.25) is 0 Å². The van der Waals surface area contributed by atoms with Crippen molar-refractivity contribution in [3.63, 3.8) is 0 Å². The maximum absolute atomic E-state index is 12.8. The lowest BCUT2D eigenvalue weighted by atomic mass is 10.1. The van der Waals surface area contributed by atoms with Gasteiger partial charge in [-0.3, -0.25) is 0 Å². The third kappa shape index (κ3) is 4.25. The van der Waals surface area contributed by atoms with Crippen LogP contribution >= 0.6 is 0 Å². The molecule has 1 aromatic carbocycles. The molecule has 6 nitrogen and oxygen atoms in total. The smallest absolute Gasteiger partial charge is 0.416 e. The minimum absolute atomic E-state index is 0.0105. The van der Waals surface area contributed by atoms with Crippen LogP contribution in [0.3, 0.4) is 0 Å². The number of ether oxygens (including phenoxy) is 2. The van der Waals surface area contributed by atoms with E-state index in [4.69, 9.17) is 9.47 Å². The fraction of sp³-hybridized carbons (Fsp3) is 0.167. The van der Waals surface area contributed by atoms with Crippen LogP contribution in [0, 0.1) is 0 Å². The molecule has 0 radical (unpaired) electrons. The average molecular weight is 376 g/mol. The summed E-state index contributed by atoms with van der Waals surface area (Å²) >= 11 is 0. The van der Waals surface area contributed by atoms with Crippen LogP contribution in [0.25, 0.3) is 11.3 Å². The van der Waals surface area contributed by atoms with Gasteiger partial charge in [0.1, 0.15) is 17.3 Å². The molecule has 0 spiro atoms. The fourth-order valence-electron chi connectivity index (χ4n) is 2.37. The Hall–Kier alpha value is -3.36. The van der Waals surface area contributed by atoms with E-state index >= 15 is 0 Å². The highest BCUT2D eigenvalue weighted by Gasteiger charge is 2.30. The van der Waals surface area contributed by atoms with Gasteiger partial charge in [0.15, 0.2) is 0 Å². The zero-order valence-corrected chi connectivity index (χ0v) is 14.4. The number of benzene rings is 1. The topological polar surface area (TPSA) is 69.2 Å². The number of alkyl halides is 3. The van der Waals surface area contributed by atoms with Gasteiger partial charge in [0.2, 0.25) is 5.95 Å². The Morgan fingerprint density at radius 1 is 0.926 bits per heavy atom. The molecule has 0 saturated carbocycles. The van der Waals surface area contributed by atoms with Gasteiger partial charge in [0, 0.05) is 24.0 Å². The highest BCUT2D eigenvalue weighted by molar-refractivity contribution is 5.69. The molecule has 9 heteroatoms. The number of halogens is 3. The first kappa shape index (κ1) is 18.4. The van der Waals surface area contributed by atoms with Crippen LogP contribution in [0.5, 0.6) is 11.5 Å². The van der Waals surface area contributed by atoms with E-state index in [0.29, 0.717) is 22.8 Å². The molecule has 0 aliphatic heterocycles.